The van der Waals surface area contributed by atoms with Crippen LogP contribution in [0.5, 0.6) is 5.75 Å². The van der Waals surface area contributed by atoms with Crippen molar-refractivity contribution in [3.05, 3.63) is 40.7 Å². The summed E-state index contributed by atoms with van der Waals surface area (Å²) in [6, 6.07) is 6.37. The molecule has 3 N–H and O–H groups in total. The van der Waals surface area contributed by atoms with Crippen LogP contribution in [-0.4, -0.2) is 17.1 Å². The molecular weight excluding hydrogens is 238 g/mol. The third-order valence-electron chi connectivity index (χ3n) is 3.38. The Bertz CT molecular complexity index is 561. The quantitative estimate of drug-likeness (QED) is 0.867. The molecule has 1 aromatic carbocycles. The Kier molecular flexibility index (Phi) is 4.10. The second-order valence-electron chi connectivity index (χ2n) is 4.69. The van der Waals surface area contributed by atoms with Crippen molar-refractivity contribution in [2.45, 2.75) is 33.1 Å². The van der Waals surface area contributed by atoms with E-state index in [4.69, 9.17) is 10.5 Å². The summed E-state index contributed by atoms with van der Waals surface area (Å²) in [4.78, 5) is 7.33. The van der Waals surface area contributed by atoms with Crippen LogP contribution in [0.25, 0.3) is 0 Å². The highest BCUT2D eigenvalue weighted by Crippen LogP contribution is 2.21. The fourth-order valence-electron chi connectivity index (χ4n) is 2.29. The van der Waals surface area contributed by atoms with E-state index in [-0.39, 0.29) is 0 Å². The summed E-state index contributed by atoms with van der Waals surface area (Å²) in [6.45, 7) is 4.14. The van der Waals surface area contributed by atoms with Gasteiger partial charge >= 0.3 is 0 Å². The number of aryl methyl sites for hydroxylation is 4. The van der Waals surface area contributed by atoms with Crippen molar-refractivity contribution in [2.75, 3.05) is 12.8 Å². The van der Waals surface area contributed by atoms with Gasteiger partial charge in [0.25, 0.3) is 0 Å². The lowest BCUT2D eigenvalue weighted by molar-refractivity contribution is 0.410. The Morgan fingerprint density at radius 2 is 2.11 bits per heavy atom. The maximum atomic E-state index is 5.65. The second kappa shape index (κ2) is 5.78. The Balaban J connectivity index is 2.09. The molecule has 0 radical (unpaired) electrons. The molecule has 4 heteroatoms. The number of hydrogen-bond acceptors (Lipinski definition) is 3. The van der Waals surface area contributed by atoms with E-state index in [9.17, 15) is 0 Å². The number of anilines is 1. The van der Waals surface area contributed by atoms with Crippen LogP contribution in [0.2, 0.25) is 0 Å². The van der Waals surface area contributed by atoms with E-state index in [2.05, 4.69) is 29.0 Å². The minimum atomic E-state index is 0.497. The van der Waals surface area contributed by atoms with Crippen LogP contribution in [0.1, 0.15) is 29.4 Å². The SMILES string of the molecule is CCc1cc(CCc2nc(N)[nH]c2C)ccc1OC. The Labute approximate surface area is 114 Å². The summed E-state index contributed by atoms with van der Waals surface area (Å²) in [5.41, 5.74) is 10.3. The van der Waals surface area contributed by atoms with Crippen LogP contribution in [0, 0.1) is 6.92 Å². The van der Waals surface area contributed by atoms with Gasteiger partial charge < -0.3 is 15.5 Å². The standard InChI is InChI=1S/C15H21N3O/c1-4-12-9-11(6-8-14(12)19-3)5-7-13-10(2)17-15(16)18-13/h6,8-9H,4-5,7H2,1-3H3,(H3,16,17,18). The summed E-state index contributed by atoms with van der Waals surface area (Å²) in [5, 5.41) is 0. The van der Waals surface area contributed by atoms with Gasteiger partial charge in [-0.1, -0.05) is 19.1 Å². The average molecular weight is 259 g/mol. The zero-order valence-electron chi connectivity index (χ0n) is 11.8. The summed E-state index contributed by atoms with van der Waals surface area (Å²) in [5.74, 6) is 1.46. The van der Waals surface area contributed by atoms with Gasteiger partial charge in [0.1, 0.15) is 5.75 Å². The largest absolute Gasteiger partial charge is 0.496 e. The molecule has 102 valence electrons. The third-order valence-corrected chi connectivity index (χ3v) is 3.38. The van der Waals surface area contributed by atoms with Crippen molar-refractivity contribution in [1.82, 2.24) is 9.97 Å². The number of imidazole rings is 1. The molecule has 1 heterocycles. The van der Waals surface area contributed by atoms with Gasteiger partial charge in [-0.15, -0.1) is 0 Å². The molecule has 0 spiro atoms. The predicted molar refractivity (Wildman–Crippen MR) is 77.5 cm³/mol. The van der Waals surface area contributed by atoms with Crippen molar-refractivity contribution in [3.63, 3.8) is 0 Å². The summed E-state index contributed by atoms with van der Waals surface area (Å²) >= 11 is 0. The lowest BCUT2D eigenvalue weighted by Crippen LogP contribution is -1.97. The van der Waals surface area contributed by atoms with Crippen LogP contribution in [0.15, 0.2) is 18.2 Å². The Morgan fingerprint density at radius 3 is 2.68 bits per heavy atom. The molecule has 0 bridgehead atoms. The van der Waals surface area contributed by atoms with Crippen molar-refractivity contribution >= 4 is 5.95 Å². The zero-order valence-corrected chi connectivity index (χ0v) is 11.8. The number of nitrogens with two attached hydrogens (primary N) is 1. The first kappa shape index (κ1) is 13.5. The van der Waals surface area contributed by atoms with Crippen molar-refractivity contribution < 1.29 is 4.74 Å². The van der Waals surface area contributed by atoms with Gasteiger partial charge in [-0.3, -0.25) is 0 Å². The zero-order chi connectivity index (χ0) is 13.8. The van der Waals surface area contributed by atoms with Gasteiger partial charge in [-0.05, 0) is 43.4 Å². The molecule has 2 rings (SSSR count). The van der Waals surface area contributed by atoms with Crippen molar-refractivity contribution in [2.24, 2.45) is 0 Å². The summed E-state index contributed by atoms with van der Waals surface area (Å²) in [7, 11) is 1.71. The van der Waals surface area contributed by atoms with Gasteiger partial charge in [0.15, 0.2) is 5.95 Å². The maximum Gasteiger partial charge on any atom is 0.197 e. The van der Waals surface area contributed by atoms with E-state index in [1.54, 1.807) is 7.11 Å². The summed E-state index contributed by atoms with van der Waals surface area (Å²) < 4.78 is 5.34. The highest BCUT2D eigenvalue weighted by Gasteiger charge is 2.06. The van der Waals surface area contributed by atoms with Gasteiger partial charge in [-0.2, -0.15) is 0 Å². The van der Waals surface area contributed by atoms with Gasteiger partial charge in [-0.25, -0.2) is 4.98 Å². The fraction of sp³-hybridized carbons (Fsp3) is 0.400. The molecular formula is C15H21N3O. The fourth-order valence-corrected chi connectivity index (χ4v) is 2.29. The predicted octanol–water partition coefficient (Wildman–Crippen LogP) is 2.66. The third kappa shape index (κ3) is 3.08. The Hall–Kier alpha value is -1.97. The molecule has 4 nitrogen and oxygen atoms in total. The first-order valence-corrected chi connectivity index (χ1v) is 6.60. The number of aromatic amines is 1. The number of aromatic nitrogens is 2. The number of H-pyrrole nitrogens is 1. The lowest BCUT2D eigenvalue weighted by atomic mass is 10.0. The smallest absolute Gasteiger partial charge is 0.197 e. The first-order chi connectivity index (χ1) is 9.13. The molecule has 0 aliphatic heterocycles. The molecule has 2 aromatic rings. The van der Waals surface area contributed by atoms with E-state index < -0.39 is 0 Å². The van der Waals surface area contributed by atoms with E-state index >= 15 is 0 Å². The average Bonchev–Trinajstić information content (AvgIpc) is 2.74. The van der Waals surface area contributed by atoms with E-state index in [1.807, 2.05) is 13.0 Å². The van der Waals surface area contributed by atoms with Crippen molar-refractivity contribution in [3.8, 4) is 5.75 Å². The first-order valence-electron chi connectivity index (χ1n) is 6.60. The molecule has 0 saturated heterocycles. The number of rotatable bonds is 5. The van der Waals surface area contributed by atoms with Crippen LogP contribution in [-0.2, 0) is 19.3 Å². The minimum absolute atomic E-state index is 0.497. The number of ether oxygens (including phenoxy) is 1. The number of methoxy groups -OCH3 is 1. The monoisotopic (exact) mass is 259 g/mol. The van der Waals surface area contributed by atoms with E-state index in [0.717, 1.165) is 36.4 Å². The molecule has 0 saturated carbocycles. The molecule has 0 aliphatic carbocycles. The number of hydrogen-bond donors (Lipinski definition) is 2. The van der Waals surface area contributed by atoms with Gasteiger partial charge in [0.05, 0.1) is 12.8 Å². The second-order valence-corrected chi connectivity index (χ2v) is 4.69. The minimum Gasteiger partial charge on any atom is -0.496 e. The molecule has 0 aliphatic rings. The molecule has 19 heavy (non-hydrogen) atoms. The van der Waals surface area contributed by atoms with E-state index in [1.165, 1.54) is 11.1 Å². The van der Waals surface area contributed by atoms with Crippen LogP contribution >= 0.6 is 0 Å². The topological polar surface area (TPSA) is 63.9 Å². The molecule has 1 aromatic heterocycles. The normalized spacial score (nSPS) is 10.7. The number of nitrogens with one attached hydrogen (secondary N) is 1. The van der Waals surface area contributed by atoms with Crippen LogP contribution < -0.4 is 10.5 Å². The highest BCUT2D eigenvalue weighted by molar-refractivity contribution is 5.37. The summed E-state index contributed by atoms with van der Waals surface area (Å²) in [6.07, 6.45) is 2.84. The number of nitrogens with zero attached hydrogens (tertiary/aromatic N) is 1. The van der Waals surface area contributed by atoms with Gasteiger partial charge in [0.2, 0.25) is 0 Å². The molecule has 0 fully saturated rings. The molecule has 0 unspecified atom stereocenters. The Morgan fingerprint density at radius 1 is 1.32 bits per heavy atom. The number of nitrogen functional groups attached to an aromatic ring is 1. The van der Waals surface area contributed by atoms with Crippen LogP contribution in [0.4, 0.5) is 5.95 Å². The molecule has 0 amide bonds. The van der Waals surface area contributed by atoms with Crippen LogP contribution in [0.3, 0.4) is 0 Å². The maximum absolute atomic E-state index is 5.65. The number of benzene rings is 1. The highest BCUT2D eigenvalue weighted by atomic mass is 16.5. The lowest BCUT2D eigenvalue weighted by Gasteiger charge is -2.09. The molecule has 0 atom stereocenters. The van der Waals surface area contributed by atoms with Crippen molar-refractivity contribution in [1.29, 1.82) is 0 Å². The van der Waals surface area contributed by atoms with E-state index in [0.29, 0.717) is 5.95 Å². The van der Waals surface area contributed by atoms with Gasteiger partial charge in [0, 0.05) is 5.69 Å².